The highest BCUT2D eigenvalue weighted by Crippen LogP contribution is 2.02. The maximum atomic E-state index is 4.11. The van der Waals surface area contributed by atoms with E-state index in [0.29, 0.717) is 0 Å². The third kappa shape index (κ3) is 1.02. The fraction of sp³-hybridized carbons (Fsp3) is 0.400. The molecule has 0 aliphatic rings. The van der Waals surface area contributed by atoms with E-state index in [-0.39, 0.29) is 0 Å². The third-order valence-corrected chi connectivity index (χ3v) is 1.61. The van der Waals surface area contributed by atoms with Gasteiger partial charge in [-0.2, -0.15) is 5.10 Å². The van der Waals surface area contributed by atoms with Crippen molar-refractivity contribution in [1.29, 1.82) is 0 Å². The molecule has 0 aliphatic heterocycles. The summed E-state index contributed by atoms with van der Waals surface area (Å²) < 4.78 is 2.92. The molecule has 0 amide bonds. The normalized spacial score (nSPS) is 9.88. The lowest BCUT2D eigenvalue weighted by Gasteiger charge is -1.87. The smallest absolute Gasteiger partial charge is 0.123 e. The Bertz CT molecular complexity index is 173. The summed E-state index contributed by atoms with van der Waals surface area (Å²) in [5.41, 5.74) is 1.20. The van der Waals surface area contributed by atoms with Crippen LogP contribution >= 0.6 is 22.6 Å². The van der Waals surface area contributed by atoms with E-state index in [2.05, 4.69) is 27.7 Å². The van der Waals surface area contributed by atoms with Gasteiger partial charge in [-0.3, -0.25) is 4.68 Å². The fourth-order valence-electron chi connectivity index (χ4n) is 0.517. The first kappa shape index (κ1) is 6.07. The van der Waals surface area contributed by atoms with Gasteiger partial charge in [0.25, 0.3) is 0 Å². The van der Waals surface area contributed by atoms with Crippen molar-refractivity contribution >= 4 is 22.6 Å². The van der Waals surface area contributed by atoms with Crippen LogP contribution in [0.25, 0.3) is 0 Å². The zero-order chi connectivity index (χ0) is 6.15. The molecule has 1 aromatic rings. The highest BCUT2D eigenvalue weighted by atomic mass is 127. The van der Waals surface area contributed by atoms with Gasteiger partial charge in [0.1, 0.15) is 3.70 Å². The first-order valence-electron chi connectivity index (χ1n) is 2.36. The highest BCUT2D eigenvalue weighted by molar-refractivity contribution is 14.1. The maximum absolute atomic E-state index is 4.11. The van der Waals surface area contributed by atoms with Crippen molar-refractivity contribution in [3.63, 3.8) is 0 Å². The number of nitrogens with zero attached hydrogens (tertiary/aromatic N) is 2. The minimum absolute atomic E-state index is 1.06. The second kappa shape index (κ2) is 2.05. The van der Waals surface area contributed by atoms with E-state index in [1.165, 1.54) is 5.69 Å². The highest BCUT2D eigenvalue weighted by Gasteiger charge is 1.93. The largest absolute Gasteiger partial charge is 0.272 e. The van der Waals surface area contributed by atoms with Gasteiger partial charge in [-0.05, 0) is 35.6 Å². The van der Waals surface area contributed by atoms with Crippen molar-refractivity contribution in [3.8, 4) is 0 Å². The molecule has 0 N–H and O–H groups in total. The molecule has 1 rings (SSSR count). The predicted molar refractivity (Wildman–Crippen MR) is 40.7 cm³/mol. The standard InChI is InChI=1S/C5H7IN2/c1-4-3-5(6)7-8(4)2/h3H,1-2H3. The zero-order valence-electron chi connectivity index (χ0n) is 4.85. The lowest BCUT2D eigenvalue weighted by molar-refractivity contribution is 0.733. The van der Waals surface area contributed by atoms with Gasteiger partial charge in [0.15, 0.2) is 0 Å². The lowest BCUT2D eigenvalue weighted by atomic mass is 10.5. The predicted octanol–water partition coefficient (Wildman–Crippen LogP) is 1.33. The van der Waals surface area contributed by atoms with Crippen LogP contribution < -0.4 is 0 Å². The van der Waals surface area contributed by atoms with Gasteiger partial charge in [0.05, 0.1) is 0 Å². The summed E-state index contributed by atoms with van der Waals surface area (Å²) in [6.45, 7) is 2.04. The van der Waals surface area contributed by atoms with Crippen LogP contribution in [-0.4, -0.2) is 9.78 Å². The van der Waals surface area contributed by atoms with E-state index in [1.807, 2.05) is 24.7 Å². The van der Waals surface area contributed by atoms with Gasteiger partial charge >= 0.3 is 0 Å². The van der Waals surface area contributed by atoms with Crippen molar-refractivity contribution < 1.29 is 0 Å². The summed E-state index contributed by atoms with van der Waals surface area (Å²) in [6.07, 6.45) is 0. The molecule has 0 aliphatic carbocycles. The first-order valence-corrected chi connectivity index (χ1v) is 3.44. The summed E-state index contributed by atoms with van der Waals surface area (Å²) in [6, 6.07) is 2.04. The van der Waals surface area contributed by atoms with E-state index < -0.39 is 0 Å². The minimum Gasteiger partial charge on any atom is -0.272 e. The first-order chi connectivity index (χ1) is 3.70. The van der Waals surface area contributed by atoms with E-state index in [0.717, 1.165) is 3.70 Å². The molecule has 8 heavy (non-hydrogen) atoms. The molecule has 0 bridgehead atoms. The quantitative estimate of drug-likeness (QED) is 0.605. The van der Waals surface area contributed by atoms with Crippen molar-refractivity contribution in [1.82, 2.24) is 9.78 Å². The van der Waals surface area contributed by atoms with Gasteiger partial charge < -0.3 is 0 Å². The Morgan fingerprint density at radius 1 is 1.75 bits per heavy atom. The SMILES string of the molecule is Cc1cc(I)nn1C. The Morgan fingerprint density at radius 2 is 2.38 bits per heavy atom. The number of rotatable bonds is 0. The topological polar surface area (TPSA) is 17.8 Å². The van der Waals surface area contributed by atoms with Crippen molar-refractivity contribution in [2.75, 3.05) is 0 Å². The maximum Gasteiger partial charge on any atom is 0.123 e. The molecule has 0 fully saturated rings. The molecule has 0 atom stereocenters. The molecule has 3 heteroatoms. The molecule has 1 heterocycles. The zero-order valence-corrected chi connectivity index (χ0v) is 7.01. The average Bonchev–Trinajstić information content (AvgIpc) is 1.85. The molecule has 44 valence electrons. The van der Waals surface area contributed by atoms with Crippen LogP contribution in [0.2, 0.25) is 0 Å². The van der Waals surface area contributed by atoms with Crippen molar-refractivity contribution in [2.24, 2.45) is 7.05 Å². The van der Waals surface area contributed by atoms with Gasteiger partial charge in [0.2, 0.25) is 0 Å². The number of hydrogen-bond acceptors (Lipinski definition) is 1. The number of halogens is 1. The number of aromatic nitrogens is 2. The van der Waals surface area contributed by atoms with Crippen LogP contribution in [0.15, 0.2) is 6.07 Å². The summed E-state index contributed by atoms with van der Waals surface area (Å²) >= 11 is 2.19. The molecular formula is C5H7IN2. The van der Waals surface area contributed by atoms with E-state index in [9.17, 15) is 0 Å². The van der Waals surface area contributed by atoms with Crippen LogP contribution in [0.1, 0.15) is 5.69 Å². The molecular weight excluding hydrogens is 215 g/mol. The summed E-state index contributed by atoms with van der Waals surface area (Å²) in [7, 11) is 1.94. The van der Waals surface area contributed by atoms with E-state index in [1.54, 1.807) is 0 Å². The van der Waals surface area contributed by atoms with Crippen LogP contribution in [0.4, 0.5) is 0 Å². The molecule has 1 aromatic heterocycles. The average molecular weight is 222 g/mol. The Morgan fingerprint density at radius 3 is 2.50 bits per heavy atom. The van der Waals surface area contributed by atoms with Gasteiger partial charge in [0, 0.05) is 12.7 Å². The van der Waals surface area contributed by atoms with E-state index in [4.69, 9.17) is 0 Å². The molecule has 0 saturated carbocycles. The van der Waals surface area contributed by atoms with Crippen molar-refractivity contribution in [3.05, 3.63) is 15.5 Å². The second-order valence-corrected chi connectivity index (χ2v) is 2.84. The second-order valence-electron chi connectivity index (χ2n) is 1.73. The van der Waals surface area contributed by atoms with Crippen LogP contribution in [-0.2, 0) is 7.05 Å². The number of aryl methyl sites for hydroxylation is 2. The molecule has 0 radical (unpaired) electrons. The monoisotopic (exact) mass is 222 g/mol. The Balaban J connectivity index is 3.14. The lowest BCUT2D eigenvalue weighted by Crippen LogP contribution is -1.91. The van der Waals surface area contributed by atoms with Crippen LogP contribution in [0.5, 0.6) is 0 Å². The van der Waals surface area contributed by atoms with Gasteiger partial charge in [-0.25, -0.2) is 0 Å². The van der Waals surface area contributed by atoms with Gasteiger partial charge in [-0.15, -0.1) is 0 Å². The Hall–Kier alpha value is -0.0600. The van der Waals surface area contributed by atoms with Crippen LogP contribution in [0, 0.1) is 10.6 Å². The molecule has 0 aromatic carbocycles. The summed E-state index contributed by atoms with van der Waals surface area (Å²) in [5, 5.41) is 4.11. The van der Waals surface area contributed by atoms with Gasteiger partial charge in [-0.1, -0.05) is 0 Å². The summed E-state index contributed by atoms with van der Waals surface area (Å²) in [4.78, 5) is 0. The molecule has 2 nitrogen and oxygen atoms in total. The minimum atomic E-state index is 1.06. The Kier molecular flexibility index (Phi) is 1.55. The van der Waals surface area contributed by atoms with Crippen molar-refractivity contribution in [2.45, 2.75) is 6.92 Å². The fourth-order valence-corrected chi connectivity index (χ4v) is 1.29. The third-order valence-electron chi connectivity index (χ3n) is 1.08. The van der Waals surface area contributed by atoms with E-state index >= 15 is 0 Å². The Labute approximate surface area is 62.0 Å². The summed E-state index contributed by atoms with van der Waals surface area (Å²) in [5.74, 6) is 0. The number of hydrogen-bond donors (Lipinski definition) is 0. The van der Waals surface area contributed by atoms with Crippen LogP contribution in [0.3, 0.4) is 0 Å². The molecule has 0 spiro atoms. The molecule has 0 unspecified atom stereocenters. The molecule has 0 saturated heterocycles.